The highest BCUT2D eigenvalue weighted by Crippen LogP contribution is 2.37. The van der Waals surface area contributed by atoms with Gasteiger partial charge in [0.1, 0.15) is 12.4 Å². The number of hydrogen-bond acceptors (Lipinski definition) is 3. The highest BCUT2D eigenvalue weighted by molar-refractivity contribution is 5.85. The Morgan fingerprint density at radius 1 is 0.968 bits per heavy atom. The Morgan fingerprint density at radius 2 is 1.74 bits per heavy atom. The first-order valence-corrected chi connectivity index (χ1v) is 11.5. The Balaban J connectivity index is 2.01. The summed E-state index contributed by atoms with van der Waals surface area (Å²) in [5, 5.41) is 0. The molecule has 0 bridgehead atoms. The number of aryl methyl sites for hydroxylation is 1. The Kier molecular flexibility index (Phi) is 8.51. The van der Waals surface area contributed by atoms with Crippen molar-refractivity contribution < 1.29 is 4.74 Å². The van der Waals surface area contributed by atoms with E-state index in [2.05, 4.69) is 106 Å². The normalized spacial score (nSPS) is 14.0. The molecule has 0 heterocycles. The maximum absolute atomic E-state index is 6.36. The van der Waals surface area contributed by atoms with Crippen LogP contribution in [0.4, 0.5) is 0 Å². The van der Waals surface area contributed by atoms with Crippen LogP contribution in [-0.4, -0.2) is 56.7 Å². The van der Waals surface area contributed by atoms with Gasteiger partial charge in [-0.3, -0.25) is 0 Å². The molecule has 0 spiro atoms. The van der Waals surface area contributed by atoms with Crippen molar-refractivity contribution in [1.82, 2.24) is 9.80 Å². The summed E-state index contributed by atoms with van der Waals surface area (Å²) in [6.45, 7) is 11.2. The smallest absolute Gasteiger partial charge is 0.127 e. The van der Waals surface area contributed by atoms with Gasteiger partial charge in [-0.05, 0) is 86.9 Å². The van der Waals surface area contributed by atoms with E-state index >= 15 is 0 Å². The molecule has 1 aliphatic carbocycles. The van der Waals surface area contributed by atoms with Gasteiger partial charge in [0.25, 0.3) is 0 Å². The molecule has 165 valence electrons. The van der Waals surface area contributed by atoms with Crippen molar-refractivity contribution in [2.45, 2.75) is 27.2 Å². The Morgan fingerprint density at radius 3 is 2.45 bits per heavy atom. The highest BCUT2D eigenvalue weighted by Gasteiger charge is 2.17. The van der Waals surface area contributed by atoms with Crippen molar-refractivity contribution in [2.24, 2.45) is 0 Å². The largest absolute Gasteiger partial charge is 0.492 e. The van der Waals surface area contributed by atoms with Gasteiger partial charge in [0.2, 0.25) is 0 Å². The Labute approximate surface area is 189 Å². The van der Waals surface area contributed by atoms with Crippen LogP contribution in [0.3, 0.4) is 0 Å². The highest BCUT2D eigenvalue weighted by atomic mass is 16.5. The molecule has 3 nitrogen and oxygen atoms in total. The predicted molar refractivity (Wildman–Crippen MR) is 133 cm³/mol. The van der Waals surface area contributed by atoms with E-state index in [9.17, 15) is 0 Å². The lowest BCUT2D eigenvalue weighted by Gasteiger charge is -2.23. The lowest BCUT2D eigenvalue weighted by atomic mass is 9.89. The van der Waals surface area contributed by atoms with Crippen LogP contribution in [0.5, 0.6) is 5.75 Å². The van der Waals surface area contributed by atoms with Gasteiger partial charge >= 0.3 is 0 Å². The van der Waals surface area contributed by atoms with Gasteiger partial charge in [-0.15, -0.1) is 0 Å². The van der Waals surface area contributed by atoms with Gasteiger partial charge in [0.15, 0.2) is 0 Å². The van der Waals surface area contributed by atoms with Crippen molar-refractivity contribution in [3.05, 3.63) is 77.7 Å². The second kappa shape index (κ2) is 11.3. The molecule has 0 atom stereocenters. The first kappa shape index (κ1) is 23.3. The van der Waals surface area contributed by atoms with Crippen LogP contribution in [0.1, 0.15) is 31.4 Å². The molecular formula is C28H37N2O. The van der Waals surface area contributed by atoms with Crippen molar-refractivity contribution in [3.63, 3.8) is 0 Å². The number of likely N-dealkylation sites (N-methyl/N-ethyl adjacent to an activating group) is 2. The molecule has 0 fully saturated rings. The predicted octanol–water partition coefficient (Wildman–Crippen LogP) is 5.86. The van der Waals surface area contributed by atoms with Crippen LogP contribution in [-0.2, 0) is 0 Å². The van der Waals surface area contributed by atoms with Crippen molar-refractivity contribution in [1.29, 1.82) is 0 Å². The van der Waals surface area contributed by atoms with Gasteiger partial charge in [0, 0.05) is 18.7 Å². The third-order valence-electron chi connectivity index (χ3n) is 5.90. The minimum atomic E-state index is 0.697. The zero-order valence-corrected chi connectivity index (χ0v) is 19.8. The molecule has 1 aliphatic rings. The molecule has 0 saturated heterocycles. The summed E-state index contributed by atoms with van der Waals surface area (Å²) in [6.07, 6.45) is 7.85. The molecule has 2 aromatic rings. The SMILES string of the molecule is CCN(CC)CCOc1ccc(-c2ccccc2C)cc1C1=C(CN(C)C)[CH]CC=C1. The lowest BCUT2D eigenvalue weighted by Crippen LogP contribution is -2.28. The standard InChI is InChI=1S/C28H37N2O/c1-6-30(7-2)18-19-31-28-17-16-23(25-14-10-8-12-22(25)3)20-27(28)26-15-11-9-13-24(26)21-29(4)5/h8,10-17,20H,6-7,9,18-19,21H2,1-5H3. The summed E-state index contributed by atoms with van der Waals surface area (Å²) in [6, 6.07) is 15.2. The summed E-state index contributed by atoms with van der Waals surface area (Å²) >= 11 is 0. The number of ether oxygens (including phenoxy) is 1. The van der Waals surface area contributed by atoms with E-state index in [0.29, 0.717) is 6.61 Å². The molecule has 3 rings (SSSR count). The van der Waals surface area contributed by atoms with Crippen molar-refractivity contribution in [2.75, 3.05) is 46.9 Å². The van der Waals surface area contributed by atoms with Gasteiger partial charge in [-0.2, -0.15) is 0 Å². The fourth-order valence-corrected chi connectivity index (χ4v) is 4.12. The van der Waals surface area contributed by atoms with Crippen molar-refractivity contribution in [3.8, 4) is 16.9 Å². The minimum absolute atomic E-state index is 0.697. The fraction of sp³-hybridized carbons (Fsp3) is 0.393. The van der Waals surface area contributed by atoms with Crippen LogP contribution in [0, 0.1) is 13.3 Å². The summed E-state index contributed by atoms with van der Waals surface area (Å²) < 4.78 is 6.36. The molecule has 3 heteroatoms. The number of hydrogen-bond donors (Lipinski definition) is 0. The molecule has 1 radical (unpaired) electrons. The number of allylic oxidation sites excluding steroid dienone is 3. The van der Waals surface area contributed by atoms with Gasteiger partial charge < -0.3 is 14.5 Å². The van der Waals surface area contributed by atoms with Gasteiger partial charge in [0.05, 0.1) is 0 Å². The number of benzene rings is 2. The van der Waals surface area contributed by atoms with Crippen molar-refractivity contribution >= 4 is 5.57 Å². The topological polar surface area (TPSA) is 15.7 Å². The number of nitrogens with zero attached hydrogens (tertiary/aromatic N) is 2. The molecule has 0 saturated carbocycles. The van der Waals surface area contributed by atoms with E-state index < -0.39 is 0 Å². The van der Waals surface area contributed by atoms with Gasteiger partial charge in [-0.25, -0.2) is 0 Å². The second-order valence-electron chi connectivity index (χ2n) is 8.42. The van der Waals surface area contributed by atoms with Crippen LogP contribution < -0.4 is 4.74 Å². The first-order chi connectivity index (χ1) is 15.0. The number of rotatable bonds is 10. The molecule has 0 amide bonds. The Bertz CT molecular complexity index is 922. The average molecular weight is 418 g/mol. The van der Waals surface area contributed by atoms with E-state index in [1.54, 1.807) is 0 Å². The summed E-state index contributed by atoms with van der Waals surface area (Å²) in [7, 11) is 4.25. The second-order valence-corrected chi connectivity index (χ2v) is 8.42. The summed E-state index contributed by atoms with van der Waals surface area (Å²) in [5.74, 6) is 0.968. The molecular weight excluding hydrogens is 380 g/mol. The summed E-state index contributed by atoms with van der Waals surface area (Å²) in [4.78, 5) is 4.63. The van der Waals surface area contributed by atoms with Crippen LogP contribution in [0.25, 0.3) is 16.7 Å². The maximum atomic E-state index is 6.36. The molecule has 31 heavy (non-hydrogen) atoms. The van der Waals surface area contributed by atoms with E-state index in [0.717, 1.165) is 38.3 Å². The molecule has 0 aromatic heterocycles. The quantitative estimate of drug-likeness (QED) is 0.481. The zero-order chi connectivity index (χ0) is 22.2. The fourth-order valence-electron chi connectivity index (χ4n) is 4.12. The average Bonchev–Trinajstić information content (AvgIpc) is 2.77. The molecule has 0 aliphatic heterocycles. The van der Waals surface area contributed by atoms with E-state index in [1.807, 2.05) is 0 Å². The first-order valence-electron chi connectivity index (χ1n) is 11.5. The van der Waals surface area contributed by atoms with E-state index in [1.165, 1.54) is 33.4 Å². The van der Waals surface area contributed by atoms with Crippen LogP contribution in [0.15, 0.2) is 60.2 Å². The third-order valence-corrected chi connectivity index (χ3v) is 5.90. The molecule has 0 unspecified atom stereocenters. The Hall–Kier alpha value is -2.36. The molecule has 2 aromatic carbocycles. The van der Waals surface area contributed by atoms with Crippen LogP contribution >= 0.6 is 0 Å². The van der Waals surface area contributed by atoms with E-state index in [4.69, 9.17) is 4.74 Å². The van der Waals surface area contributed by atoms with Crippen LogP contribution in [0.2, 0.25) is 0 Å². The third kappa shape index (κ3) is 6.09. The monoisotopic (exact) mass is 417 g/mol. The van der Waals surface area contributed by atoms with E-state index in [-0.39, 0.29) is 0 Å². The lowest BCUT2D eigenvalue weighted by molar-refractivity contribution is 0.222. The molecule has 0 N–H and O–H groups in total. The maximum Gasteiger partial charge on any atom is 0.127 e. The summed E-state index contributed by atoms with van der Waals surface area (Å²) in [5.41, 5.74) is 7.62. The minimum Gasteiger partial charge on any atom is -0.492 e. The van der Waals surface area contributed by atoms with Gasteiger partial charge in [-0.1, -0.05) is 56.3 Å². The zero-order valence-electron chi connectivity index (χ0n) is 19.8.